The van der Waals surface area contributed by atoms with Gasteiger partial charge in [0.2, 0.25) is 5.91 Å². The van der Waals surface area contributed by atoms with E-state index < -0.39 is 29.1 Å². The first-order valence-corrected chi connectivity index (χ1v) is 7.76. The lowest BCUT2D eigenvalue weighted by Gasteiger charge is -2.11. The Morgan fingerprint density at radius 3 is 2.71 bits per heavy atom. The number of hydrogen-bond acceptors (Lipinski definition) is 7. The molecular weight excluding hydrogens is 339 g/mol. The number of halogens is 1. The first-order chi connectivity index (χ1) is 11.4. The van der Waals surface area contributed by atoms with Crippen LogP contribution in [0.1, 0.15) is 25.8 Å². The Balaban J connectivity index is 1.98. The topological polar surface area (TPSA) is 120 Å². The molecule has 1 heterocycles. The van der Waals surface area contributed by atoms with Crippen LogP contribution in [0, 0.1) is 5.82 Å². The van der Waals surface area contributed by atoms with Crippen LogP contribution in [0.15, 0.2) is 33.9 Å². The number of benzene rings is 1. The third-order valence-corrected chi connectivity index (χ3v) is 3.74. The molecule has 2 aromatic rings. The predicted octanol–water partition coefficient (Wildman–Crippen LogP) is 2.02. The summed E-state index contributed by atoms with van der Waals surface area (Å²) in [6.07, 6.45) is -0.682. The molecule has 0 unspecified atom stereocenters. The number of carbonyl (C=O) groups is 2. The number of thioether (sulfide) groups is 1. The van der Waals surface area contributed by atoms with Gasteiger partial charge in [-0.2, -0.15) is 0 Å². The molecule has 8 nitrogen and oxygen atoms in total. The van der Waals surface area contributed by atoms with Gasteiger partial charge in [0.05, 0.1) is 5.25 Å². The van der Waals surface area contributed by atoms with Gasteiger partial charge in [0.25, 0.3) is 11.1 Å². The van der Waals surface area contributed by atoms with Gasteiger partial charge in [-0.25, -0.2) is 9.18 Å². The summed E-state index contributed by atoms with van der Waals surface area (Å²) in [7, 11) is 0. The highest BCUT2D eigenvalue weighted by Crippen LogP contribution is 2.27. The van der Waals surface area contributed by atoms with Crippen molar-refractivity contribution in [3.8, 4) is 5.75 Å². The zero-order valence-electron chi connectivity index (χ0n) is 12.9. The van der Waals surface area contributed by atoms with Gasteiger partial charge in [-0.05, 0) is 26.0 Å². The largest absolute Gasteiger partial charge is 0.478 e. The average Bonchev–Trinajstić information content (AvgIpc) is 2.97. The minimum Gasteiger partial charge on any atom is -0.478 e. The van der Waals surface area contributed by atoms with E-state index in [1.807, 2.05) is 5.32 Å². The number of primary amides is 1. The van der Waals surface area contributed by atoms with E-state index in [9.17, 15) is 14.0 Å². The molecule has 2 atom stereocenters. The summed E-state index contributed by atoms with van der Waals surface area (Å²) in [6, 6.07) is 5.00. The zero-order chi connectivity index (χ0) is 17.7. The van der Waals surface area contributed by atoms with E-state index in [4.69, 9.17) is 14.9 Å². The maximum Gasteiger partial charge on any atom is 0.318 e. The van der Waals surface area contributed by atoms with Gasteiger partial charge in [-0.3, -0.25) is 10.1 Å². The Kier molecular flexibility index (Phi) is 5.74. The van der Waals surface area contributed by atoms with E-state index in [0.717, 1.165) is 11.8 Å². The number of nitrogens with two attached hydrogens (primary N) is 1. The molecule has 0 saturated carbocycles. The summed E-state index contributed by atoms with van der Waals surface area (Å²) in [6.45, 7) is 3.17. The fourth-order valence-electron chi connectivity index (χ4n) is 1.64. The van der Waals surface area contributed by atoms with E-state index in [1.54, 1.807) is 26.0 Å². The molecule has 1 aromatic carbocycles. The zero-order valence-corrected chi connectivity index (χ0v) is 13.7. The molecule has 0 fully saturated rings. The molecule has 0 saturated heterocycles. The first-order valence-electron chi connectivity index (χ1n) is 6.88. The van der Waals surface area contributed by atoms with Gasteiger partial charge in [-0.1, -0.05) is 23.9 Å². The number of carbonyl (C=O) groups excluding carboxylic acids is 2. The molecule has 3 N–H and O–H groups in total. The van der Waals surface area contributed by atoms with Crippen molar-refractivity contribution in [2.24, 2.45) is 5.73 Å². The number of aromatic nitrogens is 2. The molecule has 0 radical (unpaired) electrons. The van der Waals surface area contributed by atoms with Crippen molar-refractivity contribution >= 4 is 23.7 Å². The van der Waals surface area contributed by atoms with Crippen LogP contribution >= 0.6 is 11.8 Å². The van der Waals surface area contributed by atoms with Crippen molar-refractivity contribution in [2.45, 2.75) is 30.4 Å². The molecule has 10 heteroatoms. The van der Waals surface area contributed by atoms with Crippen LogP contribution in [-0.2, 0) is 4.79 Å². The highest BCUT2D eigenvalue weighted by atomic mass is 32.2. The van der Waals surface area contributed by atoms with Gasteiger partial charge in [-0.15, -0.1) is 10.2 Å². The monoisotopic (exact) mass is 354 g/mol. The molecule has 0 aliphatic carbocycles. The van der Waals surface area contributed by atoms with E-state index in [2.05, 4.69) is 10.2 Å². The second-order valence-electron chi connectivity index (χ2n) is 4.71. The summed E-state index contributed by atoms with van der Waals surface area (Å²) >= 11 is 0.952. The minimum absolute atomic E-state index is 0.0617. The Hall–Kier alpha value is -2.62. The number of urea groups is 1. The van der Waals surface area contributed by atoms with Crippen molar-refractivity contribution in [1.29, 1.82) is 0 Å². The predicted molar refractivity (Wildman–Crippen MR) is 82.8 cm³/mol. The smallest absolute Gasteiger partial charge is 0.318 e. The van der Waals surface area contributed by atoms with Crippen LogP contribution in [0.25, 0.3) is 0 Å². The third-order valence-electron chi connectivity index (χ3n) is 2.80. The summed E-state index contributed by atoms with van der Waals surface area (Å²) in [5, 5.41) is 8.98. The second kappa shape index (κ2) is 7.77. The number of rotatable bonds is 6. The fourth-order valence-corrected chi connectivity index (χ4v) is 2.33. The maximum atomic E-state index is 13.6. The highest BCUT2D eigenvalue weighted by molar-refractivity contribution is 8.00. The first kappa shape index (κ1) is 17.7. The van der Waals surface area contributed by atoms with Gasteiger partial charge < -0.3 is 14.9 Å². The number of nitrogens with one attached hydrogen (secondary N) is 1. The summed E-state index contributed by atoms with van der Waals surface area (Å²) in [5.74, 6) is -0.895. The number of ether oxygens (including phenoxy) is 1. The van der Waals surface area contributed by atoms with Gasteiger partial charge in [0.1, 0.15) is 0 Å². The van der Waals surface area contributed by atoms with Crippen LogP contribution < -0.4 is 15.8 Å². The Bertz CT molecular complexity index is 739. The molecule has 2 rings (SSSR count). The second-order valence-corrected chi connectivity index (χ2v) is 6.00. The molecule has 1 aromatic heterocycles. The van der Waals surface area contributed by atoms with Crippen molar-refractivity contribution < 1.29 is 23.1 Å². The lowest BCUT2D eigenvalue weighted by atomic mass is 10.3. The van der Waals surface area contributed by atoms with E-state index in [0.29, 0.717) is 0 Å². The highest BCUT2D eigenvalue weighted by Gasteiger charge is 2.22. The lowest BCUT2D eigenvalue weighted by molar-refractivity contribution is -0.119. The normalized spacial score (nSPS) is 13.1. The molecule has 0 aliphatic rings. The molecular formula is C14H15FN4O4S. The number of para-hydroxylation sites is 1. The van der Waals surface area contributed by atoms with Crippen LogP contribution in [0.5, 0.6) is 5.75 Å². The van der Waals surface area contributed by atoms with E-state index in [-0.39, 0.29) is 16.9 Å². The van der Waals surface area contributed by atoms with E-state index >= 15 is 0 Å². The molecule has 0 bridgehead atoms. The summed E-state index contributed by atoms with van der Waals surface area (Å²) in [5.41, 5.74) is 4.88. The standard InChI is InChI=1S/C14H15FN4O4S/c1-7(22-10-6-4-3-5-9(10)15)12-18-19-14(23-12)24-8(2)11(20)17-13(16)21/h3-8H,1-2H3,(H3,16,17,20,21)/t7-,8-/m0/s1. The Labute approximate surface area is 140 Å². The average molecular weight is 354 g/mol. The third kappa shape index (κ3) is 4.69. The van der Waals surface area contributed by atoms with E-state index in [1.165, 1.54) is 12.1 Å². The molecule has 0 aliphatic heterocycles. The Morgan fingerprint density at radius 1 is 1.33 bits per heavy atom. The summed E-state index contributed by atoms with van der Waals surface area (Å²) < 4.78 is 24.4. The minimum atomic E-state index is -0.939. The quantitative estimate of drug-likeness (QED) is 0.761. The Morgan fingerprint density at radius 2 is 2.04 bits per heavy atom. The number of amides is 3. The van der Waals surface area contributed by atoms with Gasteiger partial charge in [0, 0.05) is 0 Å². The molecule has 128 valence electrons. The van der Waals surface area contributed by atoms with Crippen LogP contribution in [0.2, 0.25) is 0 Å². The maximum absolute atomic E-state index is 13.6. The SMILES string of the molecule is C[C@H](Sc1nnc([C@H](C)Oc2ccccc2F)o1)C(=O)NC(N)=O. The van der Waals surface area contributed by atoms with Gasteiger partial charge >= 0.3 is 6.03 Å². The van der Waals surface area contributed by atoms with Crippen molar-refractivity contribution in [3.63, 3.8) is 0 Å². The molecule has 3 amide bonds. The summed E-state index contributed by atoms with van der Waals surface area (Å²) in [4.78, 5) is 22.2. The fraction of sp³-hybridized carbons (Fsp3) is 0.286. The molecule has 0 spiro atoms. The van der Waals surface area contributed by atoms with Crippen LogP contribution in [-0.4, -0.2) is 27.4 Å². The lowest BCUT2D eigenvalue weighted by Crippen LogP contribution is -2.39. The van der Waals surface area contributed by atoms with Crippen molar-refractivity contribution in [2.75, 3.05) is 0 Å². The van der Waals surface area contributed by atoms with Crippen molar-refractivity contribution in [1.82, 2.24) is 15.5 Å². The van der Waals surface area contributed by atoms with Gasteiger partial charge in [0.15, 0.2) is 17.7 Å². The van der Waals surface area contributed by atoms with Crippen LogP contribution in [0.3, 0.4) is 0 Å². The molecule has 24 heavy (non-hydrogen) atoms. The number of imide groups is 1. The van der Waals surface area contributed by atoms with Crippen molar-refractivity contribution in [3.05, 3.63) is 36.0 Å². The number of nitrogens with zero attached hydrogens (tertiary/aromatic N) is 2. The van der Waals surface area contributed by atoms with Crippen LogP contribution in [0.4, 0.5) is 9.18 Å². The number of hydrogen-bond donors (Lipinski definition) is 2.